The molecule has 2 heterocycles. The second-order valence-corrected chi connectivity index (χ2v) is 8.11. The van der Waals surface area contributed by atoms with E-state index in [4.69, 9.17) is 11.6 Å². The summed E-state index contributed by atoms with van der Waals surface area (Å²) in [6.07, 6.45) is 4.66. The fourth-order valence-corrected chi connectivity index (χ4v) is 4.74. The molecule has 0 aromatic heterocycles. The first-order valence-corrected chi connectivity index (χ1v) is 9.83. The van der Waals surface area contributed by atoms with Gasteiger partial charge in [-0.3, -0.25) is 4.79 Å². The number of aryl methyl sites for hydroxylation is 1. The van der Waals surface area contributed by atoms with Crippen LogP contribution >= 0.6 is 11.6 Å². The van der Waals surface area contributed by atoms with Crippen LogP contribution in [0.1, 0.15) is 53.2 Å². The van der Waals surface area contributed by atoms with Crippen LogP contribution in [0.5, 0.6) is 0 Å². The van der Waals surface area contributed by atoms with Gasteiger partial charge in [0.2, 0.25) is 0 Å². The summed E-state index contributed by atoms with van der Waals surface area (Å²) in [5, 5.41) is 7.62. The first-order valence-electron chi connectivity index (χ1n) is 9.45. The lowest BCUT2D eigenvalue weighted by Gasteiger charge is -2.52. The summed E-state index contributed by atoms with van der Waals surface area (Å²) in [4.78, 5) is 13.1. The number of carbonyl (C=O) groups is 1. The van der Waals surface area contributed by atoms with E-state index in [-0.39, 0.29) is 17.5 Å². The Balaban J connectivity index is 1.67. The number of rotatable bonds is 4. The molecule has 2 saturated heterocycles. The third-order valence-electron chi connectivity index (χ3n) is 6.14. The molecule has 2 aliphatic heterocycles. The average molecular weight is 369 g/mol. The highest BCUT2D eigenvalue weighted by Crippen LogP contribution is 2.44. The van der Waals surface area contributed by atoms with E-state index in [2.05, 4.69) is 22.8 Å². The fourth-order valence-electron chi connectivity index (χ4n) is 4.53. The normalized spacial score (nSPS) is 25.7. The van der Waals surface area contributed by atoms with Gasteiger partial charge in [-0.1, -0.05) is 54.1 Å². The molecule has 0 spiro atoms. The Bertz CT molecular complexity index is 783. The summed E-state index contributed by atoms with van der Waals surface area (Å²) in [6.45, 7) is 2.97. The molecule has 2 N–H and O–H groups in total. The van der Waals surface area contributed by atoms with E-state index in [1.165, 1.54) is 12.8 Å². The van der Waals surface area contributed by atoms with Gasteiger partial charge in [0, 0.05) is 5.54 Å². The number of carbonyl (C=O) groups excluding carboxylic acids is 1. The van der Waals surface area contributed by atoms with E-state index in [1.54, 1.807) is 6.07 Å². The topological polar surface area (TPSA) is 41.1 Å². The summed E-state index contributed by atoms with van der Waals surface area (Å²) in [7, 11) is 0. The van der Waals surface area contributed by atoms with Crippen LogP contribution < -0.4 is 10.6 Å². The number of hydrogen-bond donors (Lipinski definition) is 2. The van der Waals surface area contributed by atoms with Crippen molar-refractivity contribution in [2.45, 2.75) is 44.2 Å². The van der Waals surface area contributed by atoms with Crippen LogP contribution in [-0.2, 0) is 0 Å². The maximum atomic E-state index is 13.1. The molecule has 0 radical (unpaired) electrons. The summed E-state index contributed by atoms with van der Waals surface area (Å²) in [6, 6.07) is 15.9. The summed E-state index contributed by atoms with van der Waals surface area (Å²) >= 11 is 6.40. The lowest BCUT2D eigenvalue weighted by molar-refractivity contribution is 0.0676. The number of hydrogen-bond acceptors (Lipinski definition) is 2. The Morgan fingerprint density at radius 1 is 1.15 bits per heavy atom. The molecule has 26 heavy (non-hydrogen) atoms. The number of amides is 1. The van der Waals surface area contributed by atoms with Crippen LogP contribution in [0.3, 0.4) is 0 Å². The summed E-state index contributed by atoms with van der Waals surface area (Å²) < 4.78 is 0. The van der Waals surface area contributed by atoms with Gasteiger partial charge in [0.05, 0.1) is 16.6 Å². The van der Waals surface area contributed by atoms with Gasteiger partial charge in [-0.25, -0.2) is 0 Å². The van der Waals surface area contributed by atoms with Gasteiger partial charge in [-0.05, 0) is 62.3 Å². The standard InChI is InChI=1S/C22H25ClN2O/c1-15-6-5-9-18(19(15)23)21(26)25-20(17-7-3-2-4-8-17)22-12-10-16(11-13-22)14-24-22/h2-9,16,20,24H,10-14H2,1H3,(H,25,26). The molecule has 4 heteroatoms. The van der Waals surface area contributed by atoms with Gasteiger partial charge in [0.15, 0.2) is 0 Å². The molecular formula is C22H25ClN2O. The zero-order chi connectivity index (χ0) is 18.1. The maximum Gasteiger partial charge on any atom is 0.253 e. The predicted octanol–water partition coefficient (Wildman–Crippen LogP) is 4.65. The van der Waals surface area contributed by atoms with E-state index in [0.29, 0.717) is 10.6 Å². The third kappa shape index (κ3) is 3.15. The van der Waals surface area contributed by atoms with Crippen molar-refractivity contribution in [3.63, 3.8) is 0 Å². The highest BCUT2D eigenvalue weighted by Gasteiger charge is 2.46. The molecule has 1 amide bonds. The van der Waals surface area contributed by atoms with E-state index < -0.39 is 0 Å². The van der Waals surface area contributed by atoms with E-state index in [1.807, 2.05) is 37.3 Å². The molecule has 1 saturated carbocycles. The van der Waals surface area contributed by atoms with Crippen LogP contribution in [0.25, 0.3) is 0 Å². The van der Waals surface area contributed by atoms with Gasteiger partial charge in [-0.2, -0.15) is 0 Å². The van der Waals surface area contributed by atoms with Gasteiger partial charge in [0.1, 0.15) is 0 Å². The first-order chi connectivity index (χ1) is 12.6. The number of piperidine rings is 2. The number of fused-ring (bicyclic) bond motifs is 3. The minimum atomic E-state index is -0.101. The van der Waals surface area contributed by atoms with Gasteiger partial charge < -0.3 is 10.6 Å². The Morgan fingerprint density at radius 2 is 1.88 bits per heavy atom. The zero-order valence-corrected chi connectivity index (χ0v) is 15.9. The molecule has 2 aromatic carbocycles. The molecular weight excluding hydrogens is 344 g/mol. The average Bonchev–Trinajstić information content (AvgIpc) is 2.70. The van der Waals surface area contributed by atoms with Gasteiger partial charge in [-0.15, -0.1) is 0 Å². The monoisotopic (exact) mass is 368 g/mol. The van der Waals surface area contributed by atoms with E-state index in [0.717, 1.165) is 36.4 Å². The first kappa shape index (κ1) is 17.6. The van der Waals surface area contributed by atoms with Crippen molar-refractivity contribution < 1.29 is 4.79 Å². The smallest absolute Gasteiger partial charge is 0.253 e. The SMILES string of the molecule is Cc1cccc(C(=O)NC(c2ccccc2)C23CCC(CC2)CN3)c1Cl. The predicted molar refractivity (Wildman–Crippen MR) is 106 cm³/mol. The van der Waals surface area contributed by atoms with E-state index in [9.17, 15) is 4.79 Å². The molecule has 3 fully saturated rings. The Morgan fingerprint density at radius 3 is 2.54 bits per heavy atom. The Labute approximate surface area is 160 Å². The molecule has 2 bridgehead atoms. The highest BCUT2D eigenvalue weighted by atomic mass is 35.5. The lowest BCUT2D eigenvalue weighted by atomic mass is 9.67. The van der Waals surface area contributed by atoms with Crippen LogP contribution in [0.15, 0.2) is 48.5 Å². The van der Waals surface area contributed by atoms with Crippen LogP contribution in [0.4, 0.5) is 0 Å². The number of halogens is 1. The molecule has 1 atom stereocenters. The number of nitrogens with one attached hydrogen (secondary N) is 2. The third-order valence-corrected chi connectivity index (χ3v) is 6.64. The molecule has 5 rings (SSSR count). The molecule has 1 unspecified atom stereocenters. The summed E-state index contributed by atoms with van der Waals surface area (Å²) in [5.41, 5.74) is 2.55. The highest BCUT2D eigenvalue weighted by molar-refractivity contribution is 6.34. The molecule has 3 aliphatic rings. The molecule has 136 valence electrons. The van der Waals surface area contributed by atoms with Crippen molar-refractivity contribution >= 4 is 17.5 Å². The lowest BCUT2D eigenvalue weighted by Crippen LogP contribution is -2.62. The second kappa shape index (κ2) is 7.05. The van der Waals surface area contributed by atoms with Crippen molar-refractivity contribution in [2.75, 3.05) is 6.54 Å². The van der Waals surface area contributed by atoms with E-state index >= 15 is 0 Å². The van der Waals surface area contributed by atoms with Crippen molar-refractivity contribution in [3.05, 3.63) is 70.2 Å². The fraction of sp³-hybridized carbons (Fsp3) is 0.409. The van der Waals surface area contributed by atoms with Gasteiger partial charge >= 0.3 is 0 Å². The molecule has 1 aliphatic carbocycles. The Kier molecular flexibility index (Phi) is 4.76. The minimum Gasteiger partial charge on any atom is -0.343 e. The van der Waals surface area contributed by atoms with Gasteiger partial charge in [0.25, 0.3) is 5.91 Å². The van der Waals surface area contributed by atoms with Crippen LogP contribution in [0, 0.1) is 12.8 Å². The zero-order valence-electron chi connectivity index (χ0n) is 15.1. The van der Waals surface area contributed by atoms with Crippen molar-refractivity contribution in [3.8, 4) is 0 Å². The second-order valence-electron chi connectivity index (χ2n) is 7.73. The number of benzene rings is 2. The minimum absolute atomic E-state index is 0.0611. The van der Waals surface area contributed by atoms with Crippen molar-refractivity contribution in [1.82, 2.24) is 10.6 Å². The van der Waals surface area contributed by atoms with Crippen LogP contribution in [0.2, 0.25) is 5.02 Å². The quantitative estimate of drug-likeness (QED) is 0.824. The van der Waals surface area contributed by atoms with Crippen molar-refractivity contribution in [1.29, 1.82) is 0 Å². The molecule has 3 nitrogen and oxygen atoms in total. The largest absolute Gasteiger partial charge is 0.343 e. The Hall–Kier alpha value is -1.84. The maximum absolute atomic E-state index is 13.1. The molecule has 2 aromatic rings. The summed E-state index contributed by atoms with van der Waals surface area (Å²) in [5.74, 6) is 0.687. The van der Waals surface area contributed by atoms with Crippen molar-refractivity contribution in [2.24, 2.45) is 5.92 Å². The van der Waals surface area contributed by atoms with Crippen LogP contribution in [-0.4, -0.2) is 18.0 Å².